The first kappa shape index (κ1) is 13.4. The molecule has 0 fully saturated rings. The van der Waals surface area contributed by atoms with Gasteiger partial charge in [0, 0.05) is 5.56 Å². The lowest BCUT2D eigenvalue weighted by molar-refractivity contribution is -0.132. The Morgan fingerprint density at radius 1 is 1.29 bits per heavy atom. The van der Waals surface area contributed by atoms with Crippen molar-refractivity contribution in [2.24, 2.45) is 10.2 Å². The Kier molecular flexibility index (Phi) is 5.36. The molecule has 1 rings (SSSR count). The van der Waals surface area contributed by atoms with E-state index in [1.165, 1.54) is 7.11 Å². The number of methoxy groups -OCH3 is 1. The van der Waals surface area contributed by atoms with E-state index in [4.69, 9.17) is 11.6 Å². The fraction of sp³-hybridized carbons (Fsp3) is 0.250. The molecule has 0 aliphatic carbocycles. The number of hydrogen-bond donors (Lipinski definition) is 0. The zero-order valence-corrected chi connectivity index (χ0v) is 10.4. The molecule has 4 nitrogen and oxygen atoms in total. The molecule has 1 aromatic carbocycles. The normalized spacial score (nSPS) is 12.4. The largest absolute Gasteiger partial charge is 0.464 e. The minimum Gasteiger partial charge on any atom is -0.464 e. The van der Waals surface area contributed by atoms with Gasteiger partial charge in [-0.1, -0.05) is 48.9 Å². The summed E-state index contributed by atoms with van der Waals surface area (Å²) in [5.74, 6) is -0.541. The van der Waals surface area contributed by atoms with Crippen LogP contribution in [0.2, 0.25) is 0 Å². The average molecular weight is 253 g/mol. The van der Waals surface area contributed by atoms with Gasteiger partial charge in [0.2, 0.25) is 0 Å². The van der Waals surface area contributed by atoms with Crippen LogP contribution >= 0.6 is 11.6 Å². The van der Waals surface area contributed by atoms with Crippen molar-refractivity contribution < 1.29 is 9.53 Å². The second-order valence-corrected chi connectivity index (χ2v) is 3.57. The highest BCUT2D eigenvalue weighted by Gasteiger charge is 2.14. The van der Waals surface area contributed by atoms with Crippen molar-refractivity contribution in [3.63, 3.8) is 0 Å². The van der Waals surface area contributed by atoms with Crippen LogP contribution in [0.4, 0.5) is 0 Å². The number of ether oxygens (including phenoxy) is 1. The van der Waals surface area contributed by atoms with Gasteiger partial charge in [0.25, 0.3) is 0 Å². The highest BCUT2D eigenvalue weighted by atomic mass is 35.5. The van der Waals surface area contributed by atoms with Crippen molar-refractivity contribution in [3.05, 3.63) is 35.9 Å². The molecule has 1 aromatic rings. The first-order valence-electron chi connectivity index (χ1n) is 5.12. The summed E-state index contributed by atoms with van der Waals surface area (Å²) in [4.78, 5) is 11.5. The van der Waals surface area contributed by atoms with Crippen molar-refractivity contribution in [1.82, 2.24) is 0 Å². The molecular formula is C12H13ClN2O2. The summed E-state index contributed by atoms with van der Waals surface area (Å²) in [5.41, 5.74) is 0.781. The Morgan fingerprint density at radius 3 is 2.47 bits per heavy atom. The zero-order valence-electron chi connectivity index (χ0n) is 9.68. The number of benzene rings is 1. The molecule has 5 heteroatoms. The number of carbonyl (C=O) groups is 1. The Balaban J connectivity index is 3.10. The first-order valence-corrected chi connectivity index (χ1v) is 5.50. The van der Waals surface area contributed by atoms with Crippen LogP contribution in [0.1, 0.15) is 18.9 Å². The van der Waals surface area contributed by atoms with Gasteiger partial charge in [0.15, 0.2) is 5.71 Å². The second kappa shape index (κ2) is 6.81. The van der Waals surface area contributed by atoms with Crippen molar-refractivity contribution in [2.75, 3.05) is 7.11 Å². The van der Waals surface area contributed by atoms with Crippen LogP contribution in [0.15, 0.2) is 40.5 Å². The lowest BCUT2D eigenvalue weighted by atomic mass is 10.1. The summed E-state index contributed by atoms with van der Waals surface area (Å²) in [7, 11) is 1.30. The van der Waals surface area contributed by atoms with Crippen LogP contribution < -0.4 is 0 Å². The molecule has 0 unspecified atom stereocenters. The molecule has 0 bridgehead atoms. The van der Waals surface area contributed by atoms with Crippen LogP contribution in [0.3, 0.4) is 0 Å². The molecule has 0 saturated heterocycles. The summed E-state index contributed by atoms with van der Waals surface area (Å²) >= 11 is 5.74. The smallest absolute Gasteiger partial charge is 0.359 e. The monoisotopic (exact) mass is 252 g/mol. The van der Waals surface area contributed by atoms with E-state index in [-0.39, 0.29) is 5.71 Å². The van der Waals surface area contributed by atoms with Crippen molar-refractivity contribution in [3.8, 4) is 0 Å². The number of hydrogen-bond acceptors (Lipinski definition) is 4. The Labute approximate surface area is 105 Å². The minimum absolute atomic E-state index is 0.139. The number of halogens is 1. The van der Waals surface area contributed by atoms with E-state index in [0.29, 0.717) is 17.2 Å². The zero-order chi connectivity index (χ0) is 12.7. The Bertz CT molecular complexity index is 441. The highest BCUT2D eigenvalue weighted by Crippen LogP contribution is 2.04. The van der Waals surface area contributed by atoms with Gasteiger partial charge in [-0.3, -0.25) is 0 Å². The third-order valence-electron chi connectivity index (χ3n) is 1.98. The van der Waals surface area contributed by atoms with Gasteiger partial charge in [-0.15, -0.1) is 10.2 Å². The topological polar surface area (TPSA) is 51.0 Å². The summed E-state index contributed by atoms with van der Waals surface area (Å²) in [6, 6.07) is 8.97. The summed E-state index contributed by atoms with van der Waals surface area (Å²) in [5, 5.41) is 7.93. The van der Waals surface area contributed by atoms with E-state index >= 15 is 0 Å². The maximum atomic E-state index is 11.5. The van der Waals surface area contributed by atoms with Gasteiger partial charge < -0.3 is 4.74 Å². The average Bonchev–Trinajstić information content (AvgIpc) is 2.39. The van der Waals surface area contributed by atoms with Crippen LogP contribution in [0, 0.1) is 0 Å². The third-order valence-corrected chi connectivity index (χ3v) is 2.32. The van der Waals surface area contributed by atoms with Gasteiger partial charge in [-0.25, -0.2) is 4.79 Å². The van der Waals surface area contributed by atoms with Crippen molar-refractivity contribution in [2.45, 2.75) is 13.3 Å². The molecule has 0 aliphatic heterocycles. The summed E-state index contributed by atoms with van der Waals surface area (Å²) in [6.45, 7) is 1.85. The summed E-state index contributed by atoms with van der Waals surface area (Å²) in [6.07, 6.45) is 0.564. The second-order valence-electron chi connectivity index (χ2n) is 3.14. The van der Waals surface area contributed by atoms with Crippen LogP contribution in [0.25, 0.3) is 0 Å². The molecule has 0 atom stereocenters. The fourth-order valence-electron chi connectivity index (χ4n) is 1.08. The minimum atomic E-state index is -0.541. The lowest BCUT2D eigenvalue weighted by Gasteiger charge is -2.02. The molecule has 90 valence electrons. The van der Waals surface area contributed by atoms with Gasteiger partial charge in [-0.05, 0) is 6.42 Å². The fourth-order valence-corrected chi connectivity index (χ4v) is 1.12. The van der Waals surface area contributed by atoms with Crippen LogP contribution in [-0.4, -0.2) is 24.0 Å². The molecule has 0 radical (unpaired) electrons. The van der Waals surface area contributed by atoms with Crippen molar-refractivity contribution in [1.29, 1.82) is 0 Å². The van der Waals surface area contributed by atoms with E-state index in [1.807, 2.05) is 13.0 Å². The molecule has 0 aliphatic rings. The molecule has 17 heavy (non-hydrogen) atoms. The molecule has 0 amide bonds. The maximum absolute atomic E-state index is 11.5. The quantitative estimate of drug-likeness (QED) is 0.470. The van der Waals surface area contributed by atoms with E-state index in [0.717, 1.165) is 0 Å². The van der Waals surface area contributed by atoms with Gasteiger partial charge >= 0.3 is 5.97 Å². The van der Waals surface area contributed by atoms with Gasteiger partial charge in [0.1, 0.15) is 5.17 Å². The predicted molar refractivity (Wildman–Crippen MR) is 68.6 cm³/mol. The first-order chi connectivity index (χ1) is 8.19. The SMILES string of the molecule is CCC(Cl)=NN=C(C(=O)OC)c1ccccc1. The molecule has 0 heterocycles. The highest BCUT2D eigenvalue weighted by molar-refractivity contribution is 6.65. The molecular weight excluding hydrogens is 240 g/mol. The van der Waals surface area contributed by atoms with E-state index in [9.17, 15) is 4.79 Å². The van der Waals surface area contributed by atoms with Gasteiger partial charge in [-0.2, -0.15) is 0 Å². The number of rotatable bonds is 4. The Hall–Kier alpha value is -1.68. The van der Waals surface area contributed by atoms with Crippen molar-refractivity contribution >= 4 is 28.5 Å². The number of carbonyl (C=O) groups excluding carboxylic acids is 1. The van der Waals surface area contributed by atoms with E-state index in [2.05, 4.69) is 14.9 Å². The molecule has 0 N–H and O–H groups in total. The summed E-state index contributed by atoms with van der Waals surface area (Å²) < 4.78 is 4.65. The van der Waals surface area contributed by atoms with E-state index < -0.39 is 5.97 Å². The van der Waals surface area contributed by atoms with Crippen LogP contribution in [-0.2, 0) is 9.53 Å². The van der Waals surface area contributed by atoms with Gasteiger partial charge in [0.05, 0.1) is 7.11 Å². The van der Waals surface area contributed by atoms with Crippen LogP contribution in [0.5, 0.6) is 0 Å². The lowest BCUT2D eigenvalue weighted by Crippen LogP contribution is -2.16. The number of nitrogens with zero attached hydrogens (tertiary/aromatic N) is 2. The molecule has 0 saturated carbocycles. The van der Waals surface area contributed by atoms with E-state index in [1.54, 1.807) is 24.3 Å². The predicted octanol–water partition coefficient (Wildman–Crippen LogP) is 2.61. The number of esters is 1. The third kappa shape index (κ3) is 4.00. The molecule has 0 aromatic heterocycles. The Morgan fingerprint density at radius 2 is 1.94 bits per heavy atom. The standard InChI is InChI=1S/C12H13ClN2O2/c1-3-10(13)14-15-11(12(16)17-2)9-7-5-4-6-8-9/h4-8H,3H2,1-2H3. The molecule has 0 spiro atoms. The maximum Gasteiger partial charge on any atom is 0.359 e.